The van der Waals surface area contributed by atoms with Gasteiger partial charge >= 0.3 is 0 Å². The van der Waals surface area contributed by atoms with E-state index in [1.54, 1.807) is 6.92 Å². The second-order valence-electron chi connectivity index (χ2n) is 4.53. The zero-order valence-electron chi connectivity index (χ0n) is 10.2. The van der Waals surface area contributed by atoms with Crippen LogP contribution in [0, 0.1) is 6.92 Å². The van der Waals surface area contributed by atoms with Crippen molar-refractivity contribution < 1.29 is 4.42 Å². The molecule has 0 radical (unpaired) electrons. The first-order valence-corrected chi connectivity index (χ1v) is 5.09. The first-order chi connectivity index (χ1) is 6.92. The van der Waals surface area contributed by atoms with Gasteiger partial charge in [0.1, 0.15) is 0 Å². The number of aryl methyl sites for hydroxylation is 1. The molecule has 0 fully saturated rings. The van der Waals surface area contributed by atoms with Crippen molar-refractivity contribution in [2.24, 2.45) is 0 Å². The average Bonchev–Trinajstić information content (AvgIpc) is 2.51. The molecule has 1 aromatic heterocycles. The minimum absolute atomic E-state index is 0.120. The number of aromatic nitrogens is 2. The summed E-state index contributed by atoms with van der Waals surface area (Å²) in [4.78, 5) is 2.18. The summed E-state index contributed by atoms with van der Waals surface area (Å²) in [6.07, 6.45) is 0. The molecule has 0 aromatic carbocycles. The molecule has 5 heteroatoms. The van der Waals surface area contributed by atoms with Crippen molar-refractivity contribution in [1.82, 2.24) is 20.4 Å². The summed E-state index contributed by atoms with van der Waals surface area (Å²) in [6.45, 7) is 7.65. The molecule has 0 amide bonds. The Labute approximate surface area is 90.9 Å². The van der Waals surface area contributed by atoms with Crippen LogP contribution in [0.1, 0.15) is 25.6 Å². The van der Waals surface area contributed by atoms with Gasteiger partial charge in [0.05, 0.1) is 6.54 Å². The molecule has 1 rings (SSSR count). The number of likely N-dealkylation sites (N-methyl/N-ethyl adjacent to an activating group) is 1. The minimum atomic E-state index is 0.120. The van der Waals surface area contributed by atoms with Crippen LogP contribution in [0.25, 0.3) is 0 Å². The number of nitrogens with one attached hydrogen (secondary N) is 1. The number of rotatable bonds is 5. The van der Waals surface area contributed by atoms with Crippen LogP contribution in [0.4, 0.5) is 0 Å². The van der Waals surface area contributed by atoms with Crippen molar-refractivity contribution in [3.8, 4) is 0 Å². The highest BCUT2D eigenvalue weighted by Crippen LogP contribution is 2.08. The largest absolute Gasteiger partial charge is 0.424 e. The first kappa shape index (κ1) is 12.1. The molecule has 5 nitrogen and oxygen atoms in total. The van der Waals surface area contributed by atoms with Gasteiger partial charge in [0.2, 0.25) is 11.8 Å². The van der Waals surface area contributed by atoms with Crippen molar-refractivity contribution >= 4 is 0 Å². The molecule has 0 aliphatic heterocycles. The van der Waals surface area contributed by atoms with Gasteiger partial charge < -0.3 is 14.6 Å². The van der Waals surface area contributed by atoms with E-state index < -0.39 is 0 Å². The monoisotopic (exact) mass is 212 g/mol. The van der Waals surface area contributed by atoms with E-state index in [0.29, 0.717) is 18.3 Å². The maximum atomic E-state index is 5.26. The Morgan fingerprint density at radius 1 is 1.33 bits per heavy atom. The Balaban J connectivity index is 2.33. The Bertz CT molecular complexity index is 306. The van der Waals surface area contributed by atoms with Crippen LogP contribution in [0.15, 0.2) is 4.42 Å². The fourth-order valence-corrected chi connectivity index (χ4v) is 1.04. The maximum Gasteiger partial charge on any atom is 0.230 e. The summed E-state index contributed by atoms with van der Waals surface area (Å²) in [7, 11) is 4.14. The van der Waals surface area contributed by atoms with Crippen LogP contribution in [-0.4, -0.2) is 41.3 Å². The summed E-state index contributed by atoms with van der Waals surface area (Å²) >= 11 is 0. The van der Waals surface area contributed by atoms with E-state index in [-0.39, 0.29) is 5.54 Å². The lowest BCUT2D eigenvalue weighted by Crippen LogP contribution is -2.46. The zero-order valence-corrected chi connectivity index (χ0v) is 10.2. The molecule has 0 aliphatic carbocycles. The van der Waals surface area contributed by atoms with Crippen molar-refractivity contribution in [3.05, 3.63) is 11.8 Å². The summed E-state index contributed by atoms with van der Waals surface area (Å²) in [5.41, 5.74) is 0.120. The van der Waals surface area contributed by atoms with Gasteiger partial charge in [-0.25, -0.2) is 0 Å². The smallest absolute Gasteiger partial charge is 0.230 e. The molecule has 1 aromatic rings. The zero-order chi connectivity index (χ0) is 11.5. The van der Waals surface area contributed by atoms with Crippen LogP contribution in [-0.2, 0) is 6.54 Å². The highest BCUT2D eigenvalue weighted by molar-refractivity contribution is 4.83. The molecule has 15 heavy (non-hydrogen) atoms. The third-order valence-corrected chi connectivity index (χ3v) is 2.61. The molecule has 0 aliphatic rings. The molecular formula is C10H20N4O. The molecule has 0 unspecified atom stereocenters. The van der Waals surface area contributed by atoms with Gasteiger partial charge in [-0.3, -0.25) is 0 Å². The lowest BCUT2D eigenvalue weighted by atomic mass is 10.0. The van der Waals surface area contributed by atoms with Crippen molar-refractivity contribution in [3.63, 3.8) is 0 Å². The van der Waals surface area contributed by atoms with Crippen LogP contribution in [0.3, 0.4) is 0 Å². The van der Waals surface area contributed by atoms with E-state index in [2.05, 4.69) is 48.4 Å². The molecule has 0 bridgehead atoms. The van der Waals surface area contributed by atoms with Gasteiger partial charge in [-0.2, -0.15) is 0 Å². The van der Waals surface area contributed by atoms with E-state index in [4.69, 9.17) is 4.42 Å². The first-order valence-electron chi connectivity index (χ1n) is 5.09. The van der Waals surface area contributed by atoms with Crippen molar-refractivity contribution in [1.29, 1.82) is 0 Å². The molecule has 86 valence electrons. The summed E-state index contributed by atoms with van der Waals surface area (Å²) in [5, 5.41) is 11.0. The SMILES string of the molecule is Cc1nnc(CNCC(C)(C)N(C)C)o1. The Morgan fingerprint density at radius 3 is 2.47 bits per heavy atom. The van der Waals surface area contributed by atoms with E-state index in [1.807, 2.05) is 0 Å². The highest BCUT2D eigenvalue weighted by atomic mass is 16.4. The predicted octanol–water partition coefficient (Wildman–Crippen LogP) is 0.808. The fraction of sp³-hybridized carbons (Fsp3) is 0.800. The van der Waals surface area contributed by atoms with Gasteiger partial charge in [-0.15, -0.1) is 10.2 Å². The Kier molecular flexibility index (Phi) is 3.82. The minimum Gasteiger partial charge on any atom is -0.424 e. The predicted molar refractivity (Wildman–Crippen MR) is 58.5 cm³/mol. The van der Waals surface area contributed by atoms with Crippen molar-refractivity contribution in [2.75, 3.05) is 20.6 Å². The molecule has 1 heterocycles. The lowest BCUT2D eigenvalue weighted by Gasteiger charge is -2.32. The quantitative estimate of drug-likeness (QED) is 0.782. The van der Waals surface area contributed by atoms with E-state index >= 15 is 0 Å². The maximum absolute atomic E-state index is 5.26. The average molecular weight is 212 g/mol. The summed E-state index contributed by atoms with van der Waals surface area (Å²) < 4.78 is 5.26. The van der Waals surface area contributed by atoms with Crippen LogP contribution < -0.4 is 5.32 Å². The molecular weight excluding hydrogens is 192 g/mol. The summed E-state index contributed by atoms with van der Waals surface area (Å²) in [5.74, 6) is 1.25. The van der Waals surface area contributed by atoms with E-state index in [9.17, 15) is 0 Å². The Morgan fingerprint density at radius 2 is 2.00 bits per heavy atom. The number of nitrogens with zero attached hydrogens (tertiary/aromatic N) is 3. The van der Waals surface area contributed by atoms with Crippen LogP contribution in [0.5, 0.6) is 0 Å². The van der Waals surface area contributed by atoms with Gasteiger partial charge in [0, 0.05) is 19.0 Å². The van der Waals surface area contributed by atoms with Gasteiger partial charge in [0.25, 0.3) is 0 Å². The molecule has 1 N–H and O–H groups in total. The second kappa shape index (κ2) is 4.72. The third-order valence-electron chi connectivity index (χ3n) is 2.61. The van der Waals surface area contributed by atoms with Crippen LogP contribution >= 0.6 is 0 Å². The second-order valence-corrected chi connectivity index (χ2v) is 4.53. The number of hydrogen-bond donors (Lipinski definition) is 1. The highest BCUT2D eigenvalue weighted by Gasteiger charge is 2.19. The van der Waals surface area contributed by atoms with E-state index in [0.717, 1.165) is 6.54 Å². The molecule has 0 spiro atoms. The standard InChI is InChI=1S/C10H20N4O/c1-8-12-13-9(15-8)6-11-7-10(2,3)14(4)5/h11H,6-7H2,1-5H3. The van der Waals surface area contributed by atoms with Gasteiger partial charge in [0.15, 0.2) is 0 Å². The third kappa shape index (κ3) is 3.60. The fourth-order valence-electron chi connectivity index (χ4n) is 1.04. The molecule has 0 saturated carbocycles. The molecule has 0 atom stereocenters. The Hall–Kier alpha value is -0.940. The van der Waals surface area contributed by atoms with E-state index in [1.165, 1.54) is 0 Å². The van der Waals surface area contributed by atoms with Gasteiger partial charge in [-0.1, -0.05) is 0 Å². The molecule has 0 saturated heterocycles. The number of hydrogen-bond acceptors (Lipinski definition) is 5. The summed E-state index contributed by atoms with van der Waals surface area (Å²) in [6, 6.07) is 0. The normalized spacial score (nSPS) is 12.4. The lowest BCUT2D eigenvalue weighted by molar-refractivity contribution is 0.188. The topological polar surface area (TPSA) is 54.2 Å². The van der Waals surface area contributed by atoms with Crippen molar-refractivity contribution in [2.45, 2.75) is 32.9 Å². The van der Waals surface area contributed by atoms with Crippen LogP contribution in [0.2, 0.25) is 0 Å². The van der Waals surface area contributed by atoms with Gasteiger partial charge in [-0.05, 0) is 27.9 Å².